The van der Waals surface area contributed by atoms with Crippen LogP contribution in [0.5, 0.6) is 5.75 Å². The van der Waals surface area contributed by atoms with Crippen molar-refractivity contribution in [3.63, 3.8) is 0 Å². The van der Waals surface area contributed by atoms with Gasteiger partial charge in [0.2, 0.25) is 5.78 Å². The third kappa shape index (κ3) is 2.51. The van der Waals surface area contributed by atoms with Crippen LogP contribution < -0.4 is 4.74 Å². The maximum atomic E-state index is 12.3. The monoisotopic (exact) mass is 261 g/mol. The minimum Gasteiger partial charge on any atom is -0.493 e. The lowest BCUT2D eigenvalue weighted by atomic mass is 10.1. The second kappa shape index (κ2) is 5.65. The Labute approximate surface area is 110 Å². The minimum atomic E-state index is -0.232. The van der Waals surface area contributed by atoms with Crippen LogP contribution in [0, 0.1) is 0 Å². The number of benzene rings is 1. The average molecular weight is 262 g/mol. The number of nitrogens with zero attached hydrogens (tertiary/aromatic N) is 1. The lowest BCUT2D eigenvalue weighted by Crippen LogP contribution is -2.07. The molecule has 1 aromatic carbocycles. The molecule has 0 aliphatic heterocycles. The molecule has 18 heavy (non-hydrogen) atoms. The summed E-state index contributed by atoms with van der Waals surface area (Å²) in [6, 6.07) is 10.4. The van der Waals surface area contributed by atoms with Gasteiger partial charge in [-0.3, -0.25) is 9.78 Å². The number of carbonyl (C=O) groups is 1. The van der Waals surface area contributed by atoms with Gasteiger partial charge >= 0.3 is 0 Å². The largest absolute Gasteiger partial charge is 0.493 e. The standard InChI is InChI=1S/C14H12ClNO2/c1-2-18-12-8-4-3-6-10(12)14(17)13-11(15)7-5-9-16-13/h3-9H,2H2,1H3. The molecule has 0 saturated heterocycles. The Hall–Kier alpha value is -1.87. The number of hydrogen-bond acceptors (Lipinski definition) is 3. The number of ether oxygens (including phenoxy) is 1. The van der Waals surface area contributed by atoms with E-state index in [4.69, 9.17) is 16.3 Å². The molecule has 2 rings (SSSR count). The molecule has 0 amide bonds. The summed E-state index contributed by atoms with van der Waals surface area (Å²) in [6.45, 7) is 2.37. The topological polar surface area (TPSA) is 39.2 Å². The van der Waals surface area contributed by atoms with Gasteiger partial charge in [-0.25, -0.2) is 0 Å². The Balaban J connectivity index is 2.43. The van der Waals surface area contributed by atoms with Crippen molar-refractivity contribution in [1.82, 2.24) is 4.98 Å². The second-order valence-corrected chi connectivity index (χ2v) is 4.00. The fourth-order valence-electron chi connectivity index (χ4n) is 1.62. The van der Waals surface area contributed by atoms with E-state index in [1.807, 2.05) is 13.0 Å². The molecular formula is C14H12ClNO2. The van der Waals surface area contributed by atoms with Gasteiger partial charge in [0, 0.05) is 6.20 Å². The molecule has 92 valence electrons. The Morgan fingerprint density at radius 3 is 2.78 bits per heavy atom. The van der Waals surface area contributed by atoms with Gasteiger partial charge in [-0.05, 0) is 31.2 Å². The normalized spacial score (nSPS) is 10.1. The average Bonchev–Trinajstić information content (AvgIpc) is 2.40. The number of carbonyl (C=O) groups excluding carboxylic acids is 1. The SMILES string of the molecule is CCOc1ccccc1C(=O)c1ncccc1Cl. The highest BCUT2D eigenvalue weighted by molar-refractivity contribution is 6.34. The van der Waals surface area contributed by atoms with E-state index in [0.717, 1.165) is 0 Å². The summed E-state index contributed by atoms with van der Waals surface area (Å²) >= 11 is 5.97. The predicted molar refractivity (Wildman–Crippen MR) is 70.3 cm³/mol. The quantitative estimate of drug-likeness (QED) is 0.792. The van der Waals surface area contributed by atoms with Gasteiger partial charge in [-0.2, -0.15) is 0 Å². The van der Waals surface area contributed by atoms with Crippen LogP contribution in [0.25, 0.3) is 0 Å². The summed E-state index contributed by atoms with van der Waals surface area (Å²) in [5.74, 6) is 0.316. The zero-order valence-corrected chi connectivity index (χ0v) is 10.6. The molecule has 0 radical (unpaired) electrons. The molecule has 2 aromatic rings. The molecule has 0 saturated carbocycles. The van der Waals surface area contributed by atoms with Crippen molar-refractivity contribution in [3.05, 3.63) is 58.9 Å². The number of para-hydroxylation sites is 1. The smallest absolute Gasteiger partial charge is 0.216 e. The van der Waals surface area contributed by atoms with Gasteiger partial charge in [0.15, 0.2) is 0 Å². The third-order valence-corrected chi connectivity index (χ3v) is 2.71. The van der Waals surface area contributed by atoms with Crippen LogP contribution in [-0.2, 0) is 0 Å². The number of rotatable bonds is 4. The summed E-state index contributed by atoms with van der Waals surface area (Å²) in [5, 5.41) is 0.341. The van der Waals surface area contributed by atoms with Gasteiger partial charge in [-0.15, -0.1) is 0 Å². The van der Waals surface area contributed by atoms with Crippen LogP contribution in [0.2, 0.25) is 5.02 Å². The van der Waals surface area contributed by atoms with Crippen LogP contribution in [0.4, 0.5) is 0 Å². The maximum Gasteiger partial charge on any atom is 0.216 e. The van der Waals surface area contributed by atoms with Crippen molar-refractivity contribution in [2.45, 2.75) is 6.92 Å². The van der Waals surface area contributed by atoms with E-state index in [-0.39, 0.29) is 11.5 Å². The number of halogens is 1. The Morgan fingerprint density at radius 1 is 1.28 bits per heavy atom. The molecule has 0 fully saturated rings. The van der Waals surface area contributed by atoms with Crippen molar-refractivity contribution in [2.24, 2.45) is 0 Å². The summed E-state index contributed by atoms with van der Waals surface area (Å²) in [7, 11) is 0. The van der Waals surface area contributed by atoms with Gasteiger partial charge in [-0.1, -0.05) is 23.7 Å². The molecule has 0 spiro atoms. The zero-order valence-electron chi connectivity index (χ0n) is 9.89. The highest BCUT2D eigenvalue weighted by Crippen LogP contribution is 2.23. The lowest BCUT2D eigenvalue weighted by Gasteiger charge is -2.09. The van der Waals surface area contributed by atoms with Crippen molar-refractivity contribution in [2.75, 3.05) is 6.61 Å². The van der Waals surface area contributed by atoms with Crippen molar-refractivity contribution in [1.29, 1.82) is 0 Å². The molecule has 0 atom stereocenters. The Kier molecular flexibility index (Phi) is 3.95. The van der Waals surface area contributed by atoms with Gasteiger partial charge in [0.05, 0.1) is 17.2 Å². The number of hydrogen-bond donors (Lipinski definition) is 0. The molecule has 1 aromatic heterocycles. The first-order valence-electron chi connectivity index (χ1n) is 5.61. The van der Waals surface area contributed by atoms with Gasteiger partial charge in [0.1, 0.15) is 11.4 Å². The van der Waals surface area contributed by atoms with Crippen LogP contribution >= 0.6 is 11.6 Å². The number of pyridine rings is 1. The molecule has 0 N–H and O–H groups in total. The van der Waals surface area contributed by atoms with E-state index in [1.54, 1.807) is 36.5 Å². The van der Waals surface area contributed by atoms with E-state index in [0.29, 0.717) is 22.9 Å². The Morgan fingerprint density at radius 2 is 2.06 bits per heavy atom. The number of aromatic nitrogens is 1. The lowest BCUT2D eigenvalue weighted by molar-refractivity contribution is 0.103. The van der Waals surface area contributed by atoms with E-state index in [2.05, 4.69) is 4.98 Å². The summed E-state index contributed by atoms with van der Waals surface area (Å²) in [4.78, 5) is 16.4. The summed E-state index contributed by atoms with van der Waals surface area (Å²) in [6.07, 6.45) is 1.54. The van der Waals surface area contributed by atoms with Gasteiger partial charge < -0.3 is 4.74 Å². The Bertz CT molecular complexity index is 569. The van der Waals surface area contributed by atoms with E-state index in [9.17, 15) is 4.79 Å². The summed E-state index contributed by atoms with van der Waals surface area (Å²) < 4.78 is 5.43. The van der Waals surface area contributed by atoms with Crippen molar-refractivity contribution in [3.8, 4) is 5.75 Å². The van der Waals surface area contributed by atoms with Crippen LogP contribution in [0.15, 0.2) is 42.6 Å². The van der Waals surface area contributed by atoms with Crippen LogP contribution in [-0.4, -0.2) is 17.4 Å². The summed E-state index contributed by atoms with van der Waals surface area (Å²) in [5.41, 5.74) is 0.714. The molecule has 0 unspecified atom stereocenters. The first-order valence-corrected chi connectivity index (χ1v) is 5.99. The fourth-order valence-corrected chi connectivity index (χ4v) is 1.82. The molecular weight excluding hydrogens is 250 g/mol. The second-order valence-electron chi connectivity index (χ2n) is 3.59. The van der Waals surface area contributed by atoms with Crippen LogP contribution in [0.1, 0.15) is 23.0 Å². The van der Waals surface area contributed by atoms with E-state index in [1.165, 1.54) is 0 Å². The third-order valence-electron chi connectivity index (χ3n) is 2.41. The van der Waals surface area contributed by atoms with Crippen molar-refractivity contribution < 1.29 is 9.53 Å². The first-order chi connectivity index (χ1) is 8.74. The van der Waals surface area contributed by atoms with E-state index < -0.39 is 0 Å². The highest BCUT2D eigenvalue weighted by atomic mass is 35.5. The molecule has 1 heterocycles. The molecule has 4 heteroatoms. The highest BCUT2D eigenvalue weighted by Gasteiger charge is 2.17. The minimum absolute atomic E-state index is 0.232. The molecule has 0 aliphatic carbocycles. The maximum absolute atomic E-state index is 12.3. The first kappa shape index (κ1) is 12.6. The molecule has 0 bridgehead atoms. The predicted octanol–water partition coefficient (Wildman–Crippen LogP) is 3.36. The van der Waals surface area contributed by atoms with E-state index >= 15 is 0 Å². The van der Waals surface area contributed by atoms with Crippen LogP contribution in [0.3, 0.4) is 0 Å². The molecule has 3 nitrogen and oxygen atoms in total. The zero-order chi connectivity index (χ0) is 13.0. The number of ketones is 1. The van der Waals surface area contributed by atoms with Gasteiger partial charge in [0.25, 0.3) is 0 Å². The van der Waals surface area contributed by atoms with Crippen molar-refractivity contribution >= 4 is 17.4 Å². The fraction of sp³-hybridized carbons (Fsp3) is 0.143. The molecule has 0 aliphatic rings.